The Bertz CT molecular complexity index is 559. The number of nitrogens with zero attached hydrogens (tertiary/aromatic N) is 2. The van der Waals surface area contributed by atoms with Crippen molar-refractivity contribution in [1.29, 1.82) is 0 Å². The number of phenols is 1. The number of hydrogen-bond acceptors (Lipinski definition) is 5. The maximum Gasteiger partial charge on any atom is 0.261 e. The lowest BCUT2D eigenvalue weighted by atomic mass is 10.1. The van der Waals surface area contributed by atoms with Gasteiger partial charge in [0.2, 0.25) is 5.82 Å². The van der Waals surface area contributed by atoms with Crippen LogP contribution in [0.3, 0.4) is 0 Å². The highest BCUT2D eigenvalue weighted by Gasteiger charge is 2.24. The van der Waals surface area contributed by atoms with Crippen molar-refractivity contribution >= 4 is 0 Å². The SMILES string of the molecule is Cc1cccc(-c2nc(C3CCCO3)no2)c1O. The average Bonchev–Trinajstić information content (AvgIpc) is 3.01. The van der Waals surface area contributed by atoms with Crippen LogP contribution in [0.25, 0.3) is 11.5 Å². The van der Waals surface area contributed by atoms with Crippen LogP contribution in [0.15, 0.2) is 22.7 Å². The zero-order chi connectivity index (χ0) is 12.5. The van der Waals surface area contributed by atoms with E-state index in [2.05, 4.69) is 10.1 Å². The van der Waals surface area contributed by atoms with Crippen LogP contribution in [-0.2, 0) is 4.74 Å². The molecule has 1 aromatic heterocycles. The molecule has 1 fully saturated rings. The van der Waals surface area contributed by atoms with Gasteiger partial charge in [-0.15, -0.1) is 0 Å². The smallest absolute Gasteiger partial charge is 0.261 e. The molecule has 1 unspecified atom stereocenters. The number of phenolic OH excluding ortho intramolecular Hbond substituents is 1. The first-order chi connectivity index (χ1) is 8.75. The molecule has 0 amide bonds. The Balaban J connectivity index is 1.95. The predicted molar refractivity (Wildman–Crippen MR) is 64.1 cm³/mol. The van der Waals surface area contributed by atoms with Crippen LogP contribution in [0.5, 0.6) is 5.75 Å². The van der Waals surface area contributed by atoms with E-state index >= 15 is 0 Å². The van der Waals surface area contributed by atoms with Gasteiger partial charge >= 0.3 is 0 Å². The Morgan fingerprint density at radius 1 is 1.39 bits per heavy atom. The predicted octanol–water partition coefficient (Wildman–Crippen LogP) is 2.60. The fourth-order valence-electron chi connectivity index (χ4n) is 2.09. The molecule has 0 spiro atoms. The molecule has 0 radical (unpaired) electrons. The van der Waals surface area contributed by atoms with Crippen molar-refractivity contribution < 1.29 is 14.4 Å². The van der Waals surface area contributed by atoms with E-state index in [4.69, 9.17) is 9.26 Å². The summed E-state index contributed by atoms with van der Waals surface area (Å²) < 4.78 is 10.7. The van der Waals surface area contributed by atoms with E-state index < -0.39 is 0 Å². The van der Waals surface area contributed by atoms with Gasteiger partial charge in [-0.2, -0.15) is 4.98 Å². The molecule has 1 aliphatic heterocycles. The second-order valence-electron chi connectivity index (χ2n) is 4.43. The molecule has 1 N–H and O–H groups in total. The van der Waals surface area contributed by atoms with Gasteiger partial charge in [-0.3, -0.25) is 0 Å². The summed E-state index contributed by atoms with van der Waals surface area (Å²) in [5.74, 6) is 1.07. The van der Waals surface area contributed by atoms with Crippen LogP contribution < -0.4 is 0 Å². The highest BCUT2D eigenvalue weighted by atomic mass is 16.5. The summed E-state index contributed by atoms with van der Waals surface area (Å²) in [6.45, 7) is 2.57. The lowest BCUT2D eigenvalue weighted by molar-refractivity contribution is 0.103. The van der Waals surface area contributed by atoms with Gasteiger partial charge in [0, 0.05) is 6.61 Å². The molecule has 0 saturated carbocycles. The summed E-state index contributed by atoms with van der Waals surface area (Å²) >= 11 is 0. The zero-order valence-corrected chi connectivity index (χ0v) is 10.1. The summed E-state index contributed by atoms with van der Waals surface area (Å²) in [6.07, 6.45) is 1.86. The third-order valence-corrected chi connectivity index (χ3v) is 3.13. The minimum Gasteiger partial charge on any atom is -0.507 e. The van der Waals surface area contributed by atoms with Gasteiger partial charge < -0.3 is 14.4 Å². The molecule has 1 aromatic carbocycles. The van der Waals surface area contributed by atoms with E-state index in [0.29, 0.717) is 17.3 Å². The molecule has 5 heteroatoms. The molecule has 2 heterocycles. The average molecular weight is 246 g/mol. The number of benzene rings is 1. The summed E-state index contributed by atoms with van der Waals surface area (Å²) in [5.41, 5.74) is 1.34. The molecular weight excluding hydrogens is 232 g/mol. The molecule has 1 aliphatic rings. The monoisotopic (exact) mass is 246 g/mol. The first-order valence-corrected chi connectivity index (χ1v) is 6.00. The van der Waals surface area contributed by atoms with E-state index in [0.717, 1.165) is 25.0 Å². The first kappa shape index (κ1) is 11.2. The molecule has 0 bridgehead atoms. The van der Waals surface area contributed by atoms with Gasteiger partial charge in [-0.25, -0.2) is 0 Å². The van der Waals surface area contributed by atoms with Crippen molar-refractivity contribution in [3.05, 3.63) is 29.6 Å². The molecule has 18 heavy (non-hydrogen) atoms. The van der Waals surface area contributed by atoms with Crippen LogP contribution in [0.1, 0.15) is 30.3 Å². The van der Waals surface area contributed by atoms with Gasteiger partial charge in [-0.1, -0.05) is 17.3 Å². The Hall–Kier alpha value is -1.88. The Morgan fingerprint density at radius 3 is 3.06 bits per heavy atom. The molecule has 94 valence electrons. The molecule has 1 saturated heterocycles. The minimum atomic E-state index is -0.0746. The fourth-order valence-corrected chi connectivity index (χ4v) is 2.09. The van der Waals surface area contributed by atoms with Crippen LogP contribution in [0, 0.1) is 6.92 Å². The van der Waals surface area contributed by atoms with Gasteiger partial charge in [0.25, 0.3) is 5.89 Å². The molecule has 3 rings (SSSR count). The number of aromatic hydroxyl groups is 1. The topological polar surface area (TPSA) is 68.4 Å². The lowest BCUT2D eigenvalue weighted by Gasteiger charge is -2.02. The van der Waals surface area contributed by atoms with Gasteiger partial charge in [0.05, 0.1) is 5.56 Å². The van der Waals surface area contributed by atoms with Gasteiger partial charge in [-0.05, 0) is 31.4 Å². The number of ether oxygens (including phenoxy) is 1. The number of hydrogen-bond donors (Lipinski definition) is 1. The normalized spacial score (nSPS) is 19.3. The van der Waals surface area contributed by atoms with Crippen molar-refractivity contribution in [3.63, 3.8) is 0 Å². The molecule has 2 aromatic rings. The Kier molecular flexibility index (Phi) is 2.76. The zero-order valence-electron chi connectivity index (χ0n) is 10.1. The van der Waals surface area contributed by atoms with Gasteiger partial charge in [0.15, 0.2) is 0 Å². The van der Waals surface area contributed by atoms with Crippen molar-refractivity contribution in [2.45, 2.75) is 25.9 Å². The number of aromatic nitrogens is 2. The van der Waals surface area contributed by atoms with E-state index in [9.17, 15) is 5.11 Å². The van der Waals surface area contributed by atoms with Crippen LogP contribution >= 0.6 is 0 Å². The highest BCUT2D eigenvalue weighted by molar-refractivity contribution is 5.64. The number of aryl methyl sites for hydroxylation is 1. The third kappa shape index (κ3) is 1.86. The summed E-state index contributed by atoms with van der Waals surface area (Å²) in [7, 11) is 0. The quantitative estimate of drug-likeness (QED) is 0.882. The van der Waals surface area contributed by atoms with E-state index in [1.54, 1.807) is 6.07 Å². The Morgan fingerprint density at radius 2 is 2.28 bits per heavy atom. The van der Waals surface area contributed by atoms with E-state index in [1.165, 1.54) is 0 Å². The summed E-state index contributed by atoms with van der Waals surface area (Å²) in [5, 5.41) is 13.9. The first-order valence-electron chi connectivity index (χ1n) is 6.00. The highest BCUT2D eigenvalue weighted by Crippen LogP contribution is 2.33. The molecule has 1 atom stereocenters. The number of para-hydroxylation sites is 1. The Labute approximate surface area is 104 Å². The molecule has 0 aliphatic carbocycles. The minimum absolute atomic E-state index is 0.0746. The van der Waals surface area contributed by atoms with Crippen molar-refractivity contribution in [2.24, 2.45) is 0 Å². The van der Waals surface area contributed by atoms with E-state index in [-0.39, 0.29) is 11.9 Å². The van der Waals surface area contributed by atoms with Crippen LogP contribution in [0.4, 0.5) is 0 Å². The van der Waals surface area contributed by atoms with Gasteiger partial charge in [0.1, 0.15) is 11.9 Å². The third-order valence-electron chi connectivity index (χ3n) is 3.13. The lowest BCUT2D eigenvalue weighted by Crippen LogP contribution is -1.97. The maximum atomic E-state index is 9.97. The van der Waals surface area contributed by atoms with Crippen molar-refractivity contribution in [1.82, 2.24) is 10.1 Å². The van der Waals surface area contributed by atoms with Crippen LogP contribution in [-0.4, -0.2) is 21.9 Å². The summed E-state index contributed by atoms with van der Waals surface area (Å²) in [6, 6.07) is 5.44. The second-order valence-corrected chi connectivity index (χ2v) is 4.43. The fraction of sp³-hybridized carbons (Fsp3) is 0.385. The maximum absolute atomic E-state index is 9.97. The molecule has 5 nitrogen and oxygen atoms in total. The van der Waals surface area contributed by atoms with Crippen LogP contribution in [0.2, 0.25) is 0 Å². The van der Waals surface area contributed by atoms with Crippen molar-refractivity contribution in [2.75, 3.05) is 6.61 Å². The molecular formula is C13H14N2O3. The standard InChI is InChI=1S/C13H14N2O3/c1-8-4-2-5-9(11(8)16)13-14-12(15-18-13)10-6-3-7-17-10/h2,4-5,10,16H,3,6-7H2,1H3. The largest absolute Gasteiger partial charge is 0.507 e. The second kappa shape index (κ2) is 4.42. The number of rotatable bonds is 2. The van der Waals surface area contributed by atoms with E-state index in [1.807, 2.05) is 19.1 Å². The van der Waals surface area contributed by atoms with Crippen molar-refractivity contribution in [3.8, 4) is 17.2 Å². The summed E-state index contributed by atoms with van der Waals surface area (Å²) in [4.78, 5) is 4.30.